The van der Waals surface area contributed by atoms with Crippen molar-refractivity contribution in [2.24, 2.45) is 0 Å². The van der Waals surface area contributed by atoms with Crippen molar-refractivity contribution in [3.8, 4) is 0 Å². The number of aliphatic hydroxyl groups excluding tert-OH is 6. The van der Waals surface area contributed by atoms with Crippen molar-refractivity contribution in [2.75, 3.05) is 13.2 Å². The minimum absolute atomic E-state index is 0.250. The molecule has 10 nitrogen and oxygen atoms in total. The van der Waals surface area contributed by atoms with Gasteiger partial charge in [0.1, 0.15) is 30.5 Å². The number of hydrogen-bond donors (Lipinski definition) is 7. The predicted octanol–water partition coefficient (Wildman–Crippen LogP) is 14.8. The van der Waals surface area contributed by atoms with Gasteiger partial charge in [-0.05, 0) is 12.8 Å². The molecule has 1 saturated heterocycles. The molecule has 71 heavy (non-hydrogen) atoms. The average Bonchev–Trinajstić information content (AvgIpc) is 3.37. The molecular formula is C61H121NO9. The summed E-state index contributed by atoms with van der Waals surface area (Å²) < 4.78 is 11.2. The van der Waals surface area contributed by atoms with Gasteiger partial charge in [0.05, 0.1) is 25.4 Å². The normalized spacial score (nSPS) is 19.6. The molecule has 1 fully saturated rings. The summed E-state index contributed by atoms with van der Waals surface area (Å²) in [6.45, 7) is 3.65. The van der Waals surface area contributed by atoms with Crippen molar-refractivity contribution < 1.29 is 44.9 Å². The number of ether oxygens (including phenoxy) is 2. The topological polar surface area (TPSA) is 169 Å². The van der Waals surface area contributed by atoms with Crippen molar-refractivity contribution >= 4 is 5.91 Å². The summed E-state index contributed by atoms with van der Waals surface area (Å²) in [4.78, 5) is 13.1. The smallest absolute Gasteiger partial charge is 0.220 e. The highest BCUT2D eigenvalue weighted by Gasteiger charge is 2.44. The summed E-state index contributed by atoms with van der Waals surface area (Å²) in [7, 11) is 0. The predicted molar refractivity (Wildman–Crippen MR) is 297 cm³/mol. The first-order valence-corrected chi connectivity index (χ1v) is 31.3. The van der Waals surface area contributed by atoms with E-state index in [4.69, 9.17) is 9.47 Å². The largest absolute Gasteiger partial charge is 0.394 e. The molecule has 0 radical (unpaired) electrons. The van der Waals surface area contributed by atoms with E-state index in [1.54, 1.807) is 0 Å². The lowest BCUT2D eigenvalue weighted by Gasteiger charge is -2.40. The van der Waals surface area contributed by atoms with Crippen molar-refractivity contribution in [1.29, 1.82) is 0 Å². The number of hydrogen-bond acceptors (Lipinski definition) is 9. The van der Waals surface area contributed by atoms with E-state index in [9.17, 15) is 35.4 Å². The number of amides is 1. The quantitative estimate of drug-likeness (QED) is 0.0293. The van der Waals surface area contributed by atoms with E-state index in [2.05, 4.69) is 19.2 Å². The zero-order valence-electron chi connectivity index (χ0n) is 46.9. The molecule has 8 atom stereocenters. The molecule has 7 N–H and O–H groups in total. The fourth-order valence-corrected chi connectivity index (χ4v) is 10.6. The number of carbonyl (C=O) groups is 1. The molecule has 0 aromatic carbocycles. The molecule has 424 valence electrons. The minimum atomic E-state index is -1.60. The molecule has 0 aromatic heterocycles. The zero-order valence-corrected chi connectivity index (χ0v) is 46.9. The van der Waals surface area contributed by atoms with Crippen LogP contribution in [0.2, 0.25) is 0 Å². The van der Waals surface area contributed by atoms with Crippen LogP contribution >= 0.6 is 0 Å². The van der Waals surface area contributed by atoms with Gasteiger partial charge in [-0.1, -0.05) is 303 Å². The Labute approximate surface area is 438 Å². The first-order chi connectivity index (χ1) is 34.8. The molecule has 1 heterocycles. The van der Waals surface area contributed by atoms with Crippen molar-refractivity contribution in [3.63, 3.8) is 0 Å². The standard InChI is InChI=1S/C61H121NO9/c1-3-5-7-9-11-13-15-17-18-19-20-21-22-23-24-25-26-27-28-29-30-31-32-33-34-35-36-37-38-40-42-44-46-48-50-56(65)62-53(52-70-61-60(69)59(68)58(67)55(51-63)71-61)57(66)54(64)49-47-45-43-41-39-16-14-12-10-8-6-4-2/h53-55,57-61,63-64,66-69H,3-52H2,1-2H3,(H,62,65)/t53-,54+,55+,57-,58-,59?,60?,61+/m0/s1. The molecule has 0 aromatic rings. The number of nitrogens with one attached hydrogen (secondary N) is 1. The third kappa shape index (κ3) is 40.1. The molecule has 1 amide bonds. The molecule has 0 saturated carbocycles. The fourth-order valence-electron chi connectivity index (χ4n) is 10.6. The van der Waals surface area contributed by atoms with Crippen LogP contribution in [0, 0.1) is 0 Å². The summed E-state index contributed by atoms with van der Waals surface area (Å²) >= 11 is 0. The van der Waals surface area contributed by atoms with Crippen LogP contribution in [0.15, 0.2) is 0 Å². The molecule has 1 aliphatic rings. The van der Waals surface area contributed by atoms with Crippen LogP contribution in [0.3, 0.4) is 0 Å². The van der Waals surface area contributed by atoms with Gasteiger partial charge >= 0.3 is 0 Å². The summed E-state index contributed by atoms with van der Waals surface area (Å²) in [5, 5.41) is 65.5. The van der Waals surface area contributed by atoms with Crippen molar-refractivity contribution in [3.05, 3.63) is 0 Å². The fraction of sp³-hybridized carbons (Fsp3) is 0.984. The SMILES string of the molecule is CCCCCCCCCCCCCCCCCCCCCCCCCCCCCCCCCCCCC(=O)N[C@@H](CO[C@@H]1O[C@H](CO)[C@H](O)C(O)C1O)[C@H](O)[C@H](O)CCCCCCCCCCCCCC. The molecule has 1 aliphatic heterocycles. The third-order valence-corrected chi connectivity index (χ3v) is 15.6. The summed E-state index contributed by atoms with van der Waals surface area (Å²) in [6, 6.07) is -0.986. The highest BCUT2D eigenvalue weighted by molar-refractivity contribution is 5.76. The summed E-state index contributed by atoms with van der Waals surface area (Å²) in [6.07, 6.45) is 51.6. The Bertz CT molecular complexity index is 1100. The maximum absolute atomic E-state index is 13.1. The van der Waals surface area contributed by atoms with Gasteiger partial charge in [0.15, 0.2) is 6.29 Å². The average molecular weight is 1010 g/mol. The van der Waals surface area contributed by atoms with Crippen molar-refractivity contribution in [2.45, 2.75) is 371 Å². The van der Waals surface area contributed by atoms with Crippen LogP contribution in [-0.4, -0.2) is 98.7 Å². The Morgan fingerprint density at radius 1 is 0.437 bits per heavy atom. The molecule has 1 rings (SSSR count). The van der Waals surface area contributed by atoms with E-state index in [-0.39, 0.29) is 18.9 Å². The van der Waals surface area contributed by atoms with E-state index in [1.165, 1.54) is 257 Å². The highest BCUT2D eigenvalue weighted by Crippen LogP contribution is 2.24. The van der Waals surface area contributed by atoms with E-state index in [1.807, 2.05) is 0 Å². The van der Waals surface area contributed by atoms with Crippen LogP contribution in [-0.2, 0) is 14.3 Å². The number of rotatable bonds is 55. The second kappa shape index (κ2) is 51.3. The lowest BCUT2D eigenvalue weighted by molar-refractivity contribution is -0.303. The Kier molecular flexibility index (Phi) is 49.2. The van der Waals surface area contributed by atoms with Crippen LogP contribution < -0.4 is 5.32 Å². The van der Waals surface area contributed by atoms with Gasteiger partial charge in [0.25, 0.3) is 0 Å². The van der Waals surface area contributed by atoms with Crippen LogP contribution in [0.1, 0.15) is 322 Å². The van der Waals surface area contributed by atoms with Gasteiger partial charge in [-0.15, -0.1) is 0 Å². The summed E-state index contributed by atoms with van der Waals surface area (Å²) in [5.74, 6) is -0.250. The summed E-state index contributed by atoms with van der Waals surface area (Å²) in [5.41, 5.74) is 0. The molecule has 10 heteroatoms. The van der Waals surface area contributed by atoms with Gasteiger partial charge in [0, 0.05) is 6.42 Å². The van der Waals surface area contributed by atoms with E-state index in [0.717, 1.165) is 38.5 Å². The van der Waals surface area contributed by atoms with Gasteiger partial charge < -0.3 is 45.4 Å². The number of unbranched alkanes of at least 4 members (excludes halogenated alkanes) is 44. The van der Waals surface area contributed by atoms with E-state index in [0.29, 0.717) is 6.42 Å². The molecule has 0 bridgehead atoms. The van der Waals surface area contributed by atoms with Crippen LogP contribution in [0.25, 0.3) is 0 Å². The van der Waals surface area contributed by atoms with Gasteiger partial charge in [-0.3, -0.25) is 4.79 Å². The van der Waals surface area contributed by atoms with E-state index >= 15 is 0 Å². The lowest BCUT2D eigenvalue weighted by Crippen LogP contribution is -2.60. The number of aliphatic hydroxyl groups is 6. The lowest BCUT2D eigenvalue weighted by atomic mass is 9.98. The van der Waals surface area contributed by atoms with Crippen LogP contribution in [0.5, 0.6) is 0 Å². The zero-order chi connectivity index (χ0) is 51.7. The Morgan fingerprint density at radius 3 is 1.04 bits per heavy atom. The van der Waals surface area contributed by atoms with Gasteiger partial charge in [-0.2, -0.15) is 0 Å². The maximum Gasteiger partial charge on any atom is 0.220 e. The Balaban J connectivity index is 2.08. The van der Waals surface area contributed by atoms with Crippen LogP contribution in [0.4, 0.5) is 0 Å². The molecule has 2 unspecified atom stereocenters. The van der Waals surface area contributed by atoms with Gasteiger partial charge in [0.2, 0.25) is 5.91 Å². The molecule has 0 spiro atoms. The first kappa shape index (κ1) is 68.2. The Morgan fingerprint density at radius 2 is 0.732 bits per heavy atom. The second-order valence-electron chi connectivity index (χ2n) is 22.4. The molecule has 0 aliphatic carbocycles. The monoisotopic (exact) mass is 1010 g/mol. The molecular weight excluding hydrogens is 891 g/mol. The Hall–Kier alpha value is -0.850. The van der Waals surface area contributed by atoms with E-state index < -0.39 is 55.6 Å². The maximum atomic E-state index is 13.1. The number of carbonyl (C=O) groups excluding carboxylic acids is 1. The first-order valence-electron chi connectivity index (χ1n) is 31.3. The third-order valence-electron chi connectivity index (χ3n) is 15.6. The second-order valence-corrected chi connectivity index (χ2v) is 22.4. The van der Waals surface area contributed by atoms with Gasteiger partial charge in [-0.25, -0.2) is 0 Å². The van der Waals surface area contributed by atoms with Crippen molar-refractivity contribution in [1.82, 2.24) is 5.32 Å². The highest BCUT2D eigenvalue weighted by atomic mass is 16.7. The minimum Gasteiger partial charge on any atom is -0.394 e.